The summed E-state index contributed by atoms with van der Waals surface area (Å²) in [6.45, 7) is 0. The normalized spacial score (nSPS) is 18.1. The molecular weight excluding hydrogens is 384 g/mol. The van der Waals surface area contributed by atoms with E-state index in [0.717, 1.165) is 38.8 Å². The van der Waals surface area contributed by atoms with Crippen molar-refractivity contribution in [1.29, 1.82) is 0 Å². The zero-order valence-corrected chi connectivity index (χ0v) is 16.5. The van der Waals surface area contributed by atoms with Gasteiger partial charge in [-0.1, -0.05) is 60.7 Å². The van der Waals surface area contributed by atoms with Crippen LogP contribution in [0.1, 0.15) is 17.0 Å². The van der Waals surface area contributed by atoms with Gasteiger partial charge in [0.15, 0.2) is 11.5 Å². The number of rotatable bonds is 3. The Labute approximate surface area is 178 Å². The Balaban J connectivity index is 1.54. The van der Waals surface area contributed by atoms with Gasteiger partial charge in [-0.05, 0) is 24.3 Å². The lowest BCUT2D eigenvalue weighted by Gasteiger charge is -2.25. The molecule has 0 fully saturated rings. The molecule has 0 spiro atoms. The van der Waals surface area contributed by atoms with Gasteiger partial charge in [0, 0.05) is 28.7 Å². The van der Waals surface area contributed by atoms with Crippen LogP contribution >= 0.6 is 0 Å². The van der Waals surface area contributed by atoms with E-state index in [1.165, 1.54) is 0 Å². The number of aliphatic imine (C=N–C) groups is 1. The van der Waals surface area contributed by atoms with Gasteiger partial charge < -0.3 is 5.43 Å². The number of hydrogen-bond acceptors (Lipinski definition) is 6. The third-order valence-electron chi connectivity index (χ3n) is 5.54. The Morgan fingerprint density at radius 2 is 1.42 bits per heavy atom. The Bertz CT molecular complexity index is 1390. The average Bonchev–Trinajstić information content (AvgIpc) is 3.32. The van der Waals surface area contributed by atoms with E-state index in [2.05, 4.69) is 39.0 Å². The summed E-state index contributed by atoms with van der Waals surface area (Å²) in [5.41, 5.74) is 10.0. The molecule has 2 N–H and O–H groups in total. The van der Waals surface area contributed by atoms with E-state index in [4.69, 9.17) is 9.98 Å². The first-order valence-corrected chi connectivity index (χ1v) is 10.1. The fraction of sp³-hybridized carbons (Fsp3) is 0.0400. The summed E-state index contributed by atoms with van der Waals surface area (Å²) in [5, 5.41) is 2.10. The number of amidine groups is 1. The van der Waals surface area contributed by atoms with Crippen molar-refractivity contribution in [2.75, 3.05) is 0 Å². The summed E-state index contributed by atoms with van der Waals surface area (Å²) in [7, 11) is 0. The van der Waals surface area contributed by atoms with Crippen molar-refractivity contribution in [2.45, 2.75) is 5.66 Å². The fourth-order valence-corrected chi connectivity index (χ4v) is 4.01. The highest BCUT2D eigenvalue weighted by molar-refractivity contribution is 6.06. The third-order valence-corrected chi connectivity index (χ3v) is 5.54. The quantitative estimate of drug-likeness (QED) is 0.447. The van der Waals surface area contributed by atoms with Crippen molar-refractivity contribution in [1.82, 2.24) is 25.8 Å². The first-order chi connectivity index (χ1) is 15.3. The highest BCUT2D eigenvalue weighted by Crippen LogP contribution is 2.32. The van der Waals surface area contributed by atoms with E-state index >= 15 is 0 Å². The minimum Gasteiger partial charge on any atom is -0.301 e. The van der Waals surface area contributed by atoms with Gasteiger partial charge in [-0.3, -0.25) is 9.97 Å². The van der Waals surface area contributed by atoms with Crippen LogP contribution in [0.2, 0.25) is 0 Å². The molecule has 2 aromatic carbocycles. The van der Waals surface area contributed by atoms with Gasteiger partial charge in [0.25, 0.3) is 0 Å². The number of hydrogen-bond donors (Lipinski definition) is 2. The predicted octanol–water partition coefficient (Wildman–Crippen LogP) is 3.93. The molecule has 4 heterocycles. The van der Waals surface area contributed by atoms with Crippen LogP contribution in [0.25, 0.3) is 21.8 Å². The molecule has 0 saturated heterocycles. The van der Waals surface area contributed by atoms with Crippen LogP contribution in [0.3, 0.4) is 0 Å². The zero-order valence-electron chi connectivity index (χ0n) is 16.5. The minimum atomic E-state index is -0.842. The Hall–Kier alpha value is -4.16. The summed E-state index contributed by atoms with van der Waals surface area (Å²) in [6, 6.07) is 28.1. The van der Waals surface area contributed by atoms with Crippen LogP contribution in [-0.2, 0) is 5.66 Å². The molecule has 31 heavy (non-hydrogen) atoms. The lowest BCUT2D eigenvalue weighted by atomic mass is 9.96. The number of fused-ring (bicyclic) bond motifs is 3. The fourth-order valence-electron chi connectivity index (χ4n) is 4.01. The van der Waals surface area contributed by atoms with Crippen LogP contribution < -0.4 is 10.9 Å². The lowest BCUT2D eigenvalue weighted by molar-refractivity contribution is 0.422. The van der Waals surface area contributed by atoms with Crippen LogP contribution in [0.5, 0.6) is 0 Å². The molecule has 3 aromatic heterocycles. The molecule has 0 saturated carbocycles. The number of nitrogens with one attached hydrogen (secondary N) is 2. The Kier molecular flexibility index (Phi) is 3.97. The molecule has 1 atom stereocenters. The van der Waals surface area contributed by atoms with E-state index < -0.39 is 5.66 Å². The summed E-state index contributed by atoms with van der Waals surface area (Å²) in [5.74, 6) is 0.657. The van der Waals surface area contributed by atoms with Crippen molar-refractivity contribution < 1.29 is 0 Å². The van der Waals surface area contributed by atoms with Gasteiger partial charge in [-0.15, -0.1) is 0 Å². The van der Waals surface area contributed by atoms with Gasteiger partial charge >= 0.3 is 0 Å². The second-order valence-electron chi connectivity index (χ2n) is 7.41. The van der Waals surface area contributed by atoms with Crippen molar-refractivity contribution in [3.63, 3.8) is 0 Å². The van der Waals surface area contributed by atoms with Gasteiger partial charge in [0.2, 0.25) is 0 Å². The summed E-state index contributed by atoms with van der Waals surface area (Å²) >= 11 is 0. The number of nitrogens with zero attached hydrogens (tertiary/aromatic N) is 4. The molecule has 0 radical (unpaired) electrons. The van der Waals surface area contributed by atoms with E-state index in [9.17, 15) is 0 Å². The van der Waals surface area contributed by atoms with E-state index in [0.29, 0.717) is 5.84 Å². The molecule has 6 nitrogen and oxygen atoms in total. The molecule has 0 amide bonds. The topological polar surface area (TPSA) is 75.1 Å². The second-order valence-corrected chi connectivity index (χ2v) is 7.41. The third kappa shape index (κ3) is 2.85. The molecule has 0 bridgehead atoms. The largest absolute Gasteiger partial charge is 0.301 e. The molecule has 6 rings (SSSR count). The van der Waals surface area contributed by atoms with E-state index in [1.54, 1.807) is 12.4 Å². The summed E-state index contributed by atoms with van der Waals surface area (Å²) in [4.78, 5) is 19.1. The van der Waals surface area contributed by atoms with Gasteiger partial charge in [0.1, 0.15) is 5.69 Å². The minimum absolute atomic E-state index is 0.657. The summed E-state index contributed by atoms with van der Waals surface area (Å²) in [6.07, 6.45) is 3.58. The second kappa shape index (κ2) is 6.97. The Morgan fingerprint density at radius 3 is 2.26 bits per heavy atom. The molecule has 6 heteroatoms. The van der Waals surface area contributed by atoms with E-state index in [1.807, 2.05) is 66.7 Å². The predicted molar refractivity (Wildman–Crippen MR) is 121 cm³/mol. The lowest BCUT2D eigenvalue weighted by Crippen LogP contribution is -2.45. The molecule has 0 aliphatic carbocycles. The number of hydrazine groups is 1. The van der Waals surface area contributed by atoms with Gasteiger partial charge in [0.05, 0.1) is 16.7 Å². The molecule has 1 aliphatic rings. The number of benzene rings is 2. The maximum Gasteiger partial charge on any atom is 0.197 e. The van der Waals surface area contributed by atoms with Crippen molar-refractivity contribution in [3.8, 4) is 0 Å². The number of pyridine rings is 3. The zero-order chi connectivity index (χ0) is 20.7. The Morgan fingerprint density at radius 1 is 0.645 bits per heavy atom. The molecule has 148 valence electrons. The van der Waals surface area contributed by atoms with Gasteiger partial charge in [-0.2, -0.15) is 5.43 Å². The van der Waals surface area contributed by atoms with Gasteiger partial charge in [-0.25, -0.2) is 9.98 Å². The highest BCUT2D eigenvalue weighted by atomic mass is 15.5. The summed E-state index contributed by atoms with van der Waals surface area (Å²) < 4.78 is 0. The molecule has 1 unspecified atom stereocenters. The molecule has 5 aromatic rings. The van der Waals surface area contributed by atoms with Crippen LogP contribution in [-0.4, -0.2) is 20.8 Å². The first kappa shape index (κ1) is 17.7. The monoisotopic (exact) mass is 402 g/mol. The first-order valence-electron chi connectivity index (χ1n) is 10.1. The van der Waals surface area contributed by atoms with E-state index in [-0.39, 0.29) is 0 Å². The van der Waals surface area contributed by atoms with Crippen LogP contribution in [0.4, 0.5) is 0 Å². The van der Waals surface area contributed by atoms with Crippen LogP contribution in [0, 0.1) is 0 Å². The van der Waals surface area contributed by atoms with Crippen molar-refractivity contribution in [2.24, 2.45) is 4.99 Å². The number of aromatic nitrogens is 3. The van der Waals surface area contributed by atoms with Crippen LogP contribution in [0.15, 0.2) is 102 Å². The SMILES string of the molecule is c1ccc(C2(c3ccccn3)N=C(c3ccc4ccc5cccnc5c4n3)NN2)cc1. The maximum absolute atomic E-state index is 5.07. The smallest absolute Gasteiger partial charge is 0.197 e. The standard InChI is InChI=1S/C25H18N6/c1-2-8-19(9-3-1)25(21-10-4-5-15-26-21)29-24(30-31-25)20-14-13-18-12-11-17-7-6-16-27-22(17)23(18)28-20/h1-16,31H,(H,29,30). The molecular formula is C25H18N6. The molecule has 1 aliphatic heterocycles. The average molecular weight is 402 g/mol. The van der Waals surface area contributed by atoms with Crippen molar-refractivity contribution >= 4 is 27.6 Å². The van der Waals surface area contributed by atoms with Crippen molar-refractivity contribution in [3.05, 3.63) is 114 Å². The maximum atomic E-state index is 5.07. The highest BCUT2D eigenvalue weighted by Gasteiger charge is 2.40.